The molecule has 1 heterocycles. The van der Waals surface area contributed by atoms with Crippen LogP contribution in [0.15, 0.2) is 24.3 Å². The zero-order chi connectivity index (χ0) is 15.0. The van der Waals surface area contributed by atoms with E-state index in [1.54, 1.807) is 0 Å². The summed E-state index contributed by atoms with van der Waals surface area (Å²) in [6.07, 6.45) is 2.55. The molecule has 0 aromatic heterocycles. The van der Waals surface area contributed by atoms with Crippen molar-refractivity contribution in [3.05, 3.63) is 35.4 Å². The van der Waals surface area contributed by atoms with E-state index >= 15 is 0 Å². The highest BCUT2D eigenvalue weighted by molar-refractivity contribution is 5.79. The third-order valence-electron chi connectivity index (χ3n) is 4.63. The van der Waals surface area contributed by atoms with Gasteiger partial charge in [-0.2, -0.15) is 0 Å². The Morgan fingerprint density at radius 3 is 2.20 bits per heavy atom. The van der Waals surface area contributed by atoms with Crippen LogP contribution in [0.4, 0.5) is 0 Å². The molecule has 1 N–H and O–H groups in total. The summed E-state index contributed by atoms with van der Waals surface area (Å²) < 4.78 is 0. The molecule has 1 saturated heterocycles. The summed E-state index contributed by atoms with van der Waals surface area (Å²) in [5, 5.41) is 3.22. The minimum absolute atomic E-state index is 0.0552. The lowest BCUT2D eigenvalue weighted by molar-refractivity contribution is -0.120. The highest BCUT2D eigenvalue weighted by Gasteiger charge is 2.40. The number of hydrogen-bond acceptors (Lipinski definition) is 1. The second-order valence-corrected chi connectivity index (χ2v) is 7.48. The van der Waals surface area contributed by atoms with Gasteiger partial charge in [-0.25, -0.2) is 0 Å². The molecule has 1 unspecified atom stereocenters. The van der Waals surface area contributed by atoms with Crippen LogP contribution in [0.2, 0.25) is 0 Å². The van der Waals surface area contributed by atoms with E-state index in [0.717, 1.165) is 12.8 Å². The molecule has 0 aliphatic carbocycles. The zero-order valence-corrected chi connectivity index (χ0v) is 13.4. The Morgan fingerprint density at radius 2 is 1.80 bits per heavy atom. The van der Waals surface area contributed by atoms with E-state index in [2.05, 4.69) is 64.2 Å². The second kappa shape index (κ2) is 5.23. The maximum absolute atomic E-state index is 11.6. The summed E-state index contributed by atoms with van der Waals surface area (Å²) in [4.78, 5) is 11.6. The third-order valence-corrected chi connectivity index (χ3v) is 4.63. The van der Waals surface area contributed by atoms with Gasteiger partial charge in [0.25, 0.3) is 0 Å². The number of carbonyl (C=O) groups excluding carboxylic acids is 1. The monoisotopic (exact) mass is 273 g/mol. The maximum Gasteiger partial charge on any atom is 0.220 e. The van der Waals surface area contributed by atoms with Gasteiger partial charge in [-0.3, -0.25) is 4.79 Å². The fraction of sp³-hybridized carbons (Fsp3) is 0.611. The molecule has 1 aromatic carbocycles. The molecule has 1 amide bonds. The first kappa shape index (κ1) is 15.1. The average Bonchev–Trinajstić information content (AvgIpc) is 2.71. The van der Waals surface area contributed by atoms with Crippen LogP contribution in [0, 0.1) is 5.92 Å². The number of hydrogen-bond donors (Lipinski definition) is 1. The lowest BCUT2D eigenvalue weighted by Crippen LogP contribution is -2.48. The minimum atomic E-state index is -0.0552. The molecule has 1 aliphatic rings. The standard InChI is InChI=1S/C18H27NO/c1-13(2)18(11-10-16(20)19-18)12-14-6-8-15(9-7-14)17(3,4)5/h6-9,13H,10-12H2,1-5H3,(H,19,20). The Labute approximate surface area is 123 Å². The summed E-state index contributed by atoms with van der Waals surface area (Å²) in [7, 11) is 0. The Hall–Kier alpha value is -1.31. The number of rotatable bonds is 3. The first-order valence-electron chi connectivity index (χ1n) is 7.63. The van der Waals surface area contributed by atoms with Crippen molar-refractivity contribution < 1.29 is 4.79 Å². The van der Waals surface area contributed by atoms with Crippen molar-refractivity contribution in [2.24, 2.45) is 5.92 Å². The van der Waals surface area contributed by atoms with E-state index in [9.17, 15) is 4.79 Å². The van der Waals surface area contributed by atoms with Crippen LogP contribution in [-0.4, -0.2) is 11.4 Å². The third kappa shape index (κ3) is 3.05. The van der Waals surface area contributed by atoms with Crippen LogP contribution >= 0.6 is 0 Å². The van der Waals surface area contributed by atoms with Crippen molar-refractivity contribution in [1.29, 1.82) is 0 Å². The molecule has 0 saturated carbocycles. The van der Waals surface area contributed by atoms with Crippen molar-refractivity contribution in [2.45, 2.75) is 64.8 Å². The molecule has 1 aliphatic heterocycles. The topological polar surface area (TPSA) is 29.1 Å². The summed E-state index contributed by atoms with van der Waals surface area (Å²) in [5.41, 5.74) is 2.81. The molecular formula is C18H27NO. The largest absolute Gasteiger partial charge is 0.350 e. The van der Waals surface area contributed by atoms with Gasteiger partial charge in [-0.15, -0.1) is 0 Å². The molecular weight excluding hydrogens is 246 g/mol. The predicted octanol–water partition coefficient (Wildman–Crippen LogP) is 3.83. The number of nitrogens with one attached hydrogen (secondary N) is 1. The van der Waals surface area contributed by atoms with Gasteiger partial charge >= 0.3 is 0 Å². The summed E-state index contributed by atoms with van der Waals surface area (Å²) >= 11 is 0. The van der Waals surface area contributed by atoms with E-state index in [0.29, 0.717) is 12.3 Å². The van der Waals surface area contributed by atoms with E-state index in [-0.39, 0.29) is 16.9 Å². The molecule has 1 fully saturated rings. The predicted molar refractivity (Wildman–Crippen MR) is 83.8 cm³/mol. The lowest BCUT2D eigenvalue weighted by atomic mass is 9.79. The van der Waals surface area contributed by atoms with Gasteiger partial charge in [-0.1, -0.05) is 58.9 Å². The van der Waals surface area contributed by atoms with Crippen LogP contribution in [-0.2, 0) is 16.6 Å². The second-order valence-electron chi connectivity index (χ2n) is 7.48. The average molecular weight is 273 g/mol. The van der Waals surface area contributed by atoms with E-state index < -0.39 is 0 Å². The van der Waals surface area contributed by atoms with Crippen molar-refractivity contribution in [2.75, 3.05) is 0 Å². The van der Waals surface area contributed by atoms with Crippen molar-refractivity contribution in [3.8, 4) is 0 Å². The van der Waals surface area contributed by atoms with Gasteiger partial charge in [0.2, 0.25) is 5.91 Å². The minimum Gasteiger partial charge on any atom is -0.350 e. The van der Waals surface area contributed by atoms with Crippen LogP contribution in [0.1, 0.15) is 58.6 Å². The Balaban J connectivity index is 2.18. The van der Waals surface area contributed by atoms with Gasteiger partial charge in [0, 0.05) is 12.0 Å². The van der Waals surface area contributed by atoms with Crippen LogP contribution in [0.5, 0.6) is 0 Å². The highest BCUT2D eigenvalue weighted by atomic mass is 16.2. The molecule has 0 radical (unpaired) electrons. The first-order chi connectivity index (χ1) is 9.23. The lowest BCUT2D eigenvalue weighted by Gasteiger charge is -2.34. The molecule has 2 heteroatoms. The van der Waals surface area contributed by atoms with Crippen molar-refractivity contribution in [1.82, 2.24) is 5.32 Å². The Bertz CT molecular complexity index is 481. The Kier molecular flexibility index (Phi) is 3.95. The maximum atomic E-state index is 11.6. The molecule has 110 valence electrons. The molecule has 0 bridgehead atoms. The SMILES string of the molecule is CC(C)C1(Cc2ccc(C(C)(C)C)cc2)CCC(=O)N1. The molecule has 2 nitrogen and oxygen atoms in total. The number of carbonyl (C=O) groups is 1. The molecule has 1 aromatic rings. The van der Waals surface area contributed by atoms with E-state index in [1.807, 2.05) is 0 Å². The van der Waals surface area contributed by atoms with Crippen LogP contribution in [0.3, 0.4) is 0 Å². The van der Waals surface area contributed by atoms with Gasteiger partial charge < -0.3 is 5.32 Å². The first-order valence-corrected chi connectivity index (χ1v) is 7.63. The van der Waals surface area contributed by atoms with E-state index in [4.69, 9.17) is 0 Å². The number of benzene rings is 1. The fourth-order valence-electron chi connectivity index (χ4n) is 3.00. The van der Waals surface area contributed by atoms with Gasteiger partial charge in [0.05, 0.1) is 0 Å². The van der Waals surface area contributed by atoms with Gasteiger partial charge in [0.1, 0.15) is 0 Å². The number of amides is 1. The molecule has 2 rings (SSSR count). The van der Waals surface area contributed by atoms with Crippen molar-refractivity contribution >= 4 is 5.91 Å². The normalized spacial score (nSPS) is 23.2. The quantitative estimate of drug-likeness (QED) is 0.891. The highest BCUT2D eigenvalue weighted by Crippen LogP contribution is 2.32. The van der Waals surface area contributed by atoms with Crippen molar-refractivity contribution in [3.63, 3.8) is 0 Å². The van der Waals surface area contributed by atoms with Gasteiger partial charge in [0.15, 0.2) is 0 Å². The zero-order valence-electron chi connectivity index (χ0n) is 13.4. The summed E-state index contributed by atoms with van der Waals surface area (Å²) in [5.74, 6) is 0.654. The summed E-state index contributed by atoms with van der Waals surface area (Å²) in [6.45, 7) is 11.1. The molecule has 20 heavy (non-hydrogen) atoms. The Morgan fingerprint density at radius 1 is 1.20 bits per heavy atom. The molecule has 1 atom stereocenters. The molecule has 0 spiro atoms. The van der Waals surface area contributed by atoms with E-state index in [1.165, 1.54) is 11.1 Å². The smallest absolute Gasteiger partial charge is 0.220 e. The van der Waals surface area contributed by atoms with Crippen LogP contribution < -0.4 is 5.32 Å². The van der Waals surface area contributed by atoms with Crippen LogP contribution in [0.25, 0.3) is 0 Å². The summed E-state index contributed by atoms with van der Waals surface area (Å²) in [6, 6.07) is 8.88. The fourth-order valence-corrected chi connectivity index (χ4v) is 3.00. The van der Waals surface area contributed by atoms with Gasteiger partial charge in [-0.05, 0) is 35.3 Å².